The molecule has 2 aliphatic heterocycles. The lowest BCUT2D eigenvalue weighted by atomic mass is 9.99. The molecule has 5 amide bonds. The van der Waals surface area contributed by atoms with E-state index >= 15 is 0 Å². The van der Waals surface area contributed by atoms with Crippen LogP contribution in [-0.4, -0.2) is 83.0 Å². The first kappa shape index (κ1) is 27.4. The van der Waals surface area contributed by atoms with Crippen LogP contribution >= 0.6 is 11.6 Å². The van der Waals surface area contributed by atoms with Gasteiger partial charge in [0, 0.05) is 13.1 Å². The number of rotatable bonds is 7. The van der Waals surface area contributed by atoms with Crippen molar-refractivity contribution in [2.75, 3.05) is 19.6 Å². The molecule has 4 fully saturated rings. The molecule has 2 aliphatic carbocycles. The number of nitrogens with zero attached hydrogens (tertiary/aromatic N) is 2. The quantitative estimate of drug-likeness (QED) is 0.240. The van der Waals surface area contributed by atoms with Gasteiger partial charge in [0.05, 0.1) is 12.5 Å². The highest BCUT2D eigenvalue weighted by atomic mass is 35.5. The number of fused-ring (bicyclic) bond motifs is 1. The smallest absolute Gasteiger partial charge is 0.356 e. The molecule has 3 N–H and O–H groups in total. The summed E-state index contributed by atoms with van der Waals surface area (Å²) in [5.74, 6) is -7.33. The molecule has 0 bridgehead atoms. The van der Waals surface area contributed by atoms with Crippen molar-refractivity contribution in [1.82, 2.24) is 26.0 Å². The second kappa shape index (κ2) is 9.59. The number of halogens is 5. The molecule has 2 saturated heterocycles. The molecule has 2 saturated carbocycles. The van der Waals surface area contributed by atoms with Crippen LogP contribution in [0.25, 0.3) is 0 Å². The minimum atomic E-state index is -5.18. The van der Waals surface area contributed by atoms with Crippen molar-refractivity contribution in [2.24, 2.45) is 29.1 Å². The van der Waals surface area contributed by atoms with E-state index in [1.165, 1.54) is 0 Å². The average Bonchev–Trinajstić information content (AvgIpc) is 3.60. The number of carbonyl (C=O) groups is 5. The molecule has 206 valence electrons. The molecule has 10 nitrogen and oxygen atoms in total. The molecular formula is C22H28ClF4N5O5. The van der Waals surface area contributed by atoms with Gasteiger partial charge in [0.15, 0.2) is 0 Å². The highest BCUT2D eigenvalue weighted by molar-refractivity contribution is 6.29. The Morgan fingerprint density at radius 1 is 1.22 bits per heavy atom. The van der Waals surface area contributed by atoms with Crippen LogP contribution in [-0.2, 0) is 24.0 Å². The SMILES string of the molecule is CC1(C)[C@@H]2[C@@H](C(=O)NN(C[C@@H]3CCNC3=O)C(=O)C(F)Cl)N(C(=O)C(NC(=O)C(F)(F)F)C3CC3)C[C@@H]21. The van der Waals surface area contributed by atoms with Crippen molar-refractivity contribution in [1.29, 1.82) is 0 Å². The molecule has 0 spiro atoms. The van der Waals surface area contributed by atoms with Crippen LogP contribution in [0.4, 0.5) is 17.6 Å². The highest BCUT2D eigenvalue weighted by Crippen LogP contribution is 2.65. The Morgan fingerprint density at radius 3 is 2.38 bits per heavy atom. The Kier molecular flexibility index (Phi) is 7.10. The molecule has 4 rings (SSSR count). The van der Waals surface area contributed by atoms with Gasteiger partial charge >= 0.3 is 12.1 Å². The van der Waals surface area contributed by atoms with Crippen molar-refractivity contribution in [3.63, 3.8) is 0 Å². The zero-order chi connectivity index (χ0) is 27.4. The van der Waals surface area contributed by atoms with Crippen LogP contribution in [0, 0.1) is 29.1 Å². The lowest BCUT2D eigenvalue weighted by molar-refractivity contribution is -0.175. The van der Waals surface area contributed by atoms with E-state index in [1.807, 2.05) is 13.8 Å². The maximum absolute atomic E-state index is 13.7. The standard InChI is InChI=1S/C22H28ClF4N5O5/c1-21(2)11-8-31(18(35)13(9-3-4-9)29-20(37)22(25,26)27)14(12(11)21)17(34)30-32(19(36)15(23)24)7-10-5-6-28-16(10)33/h9-15H,3-8H2,1-2H3,(H,28,33)(H,29,37)(H,30,34)/t10-,11-,12-,13?,14-,15?/m0/s1. The molecule has 0 aromatic carbocycles. The van der Waals surface area contributed by atoms with E-state index < -0.39 is 59.4 Å². The van der Waals surface area contributed by atoms with Crippen molar-refractivity contribution < 1.29 is 41.5 Å². The van der Waals surface area contributed by atoms with Gasteiger partial charge in [-0.3, -0.25) is 29.4 Å². The second-order valence-corrected chi connectivity index (χ2v) is 11.1. The monoisotopic (exact) mass is 553 g/mol. The third-order valence-electron chi connectivity index (χ3n) is 7.93. The fraction of sp³-hybridized carbons (Fsp3) is 0.773. The van der Waals surface area contributed by atoms with Gasteiger partial charge in [-0.1, -0.05) is 25.4 Å². The molecule has 2 heterocycles. The molecule has 6 atom stereocenters. The van der Waals surface area contributed by atoms with E-state index in [4.69, 9.17) is 11.6 Å². The summed E-state index contributed by atoms with van der Waals surface area (Å²) < 4.78 is 52.3. The summed E-state index contributed by atoms with van der Waals surface area (Å²) in [6.45, 7) is 3.80. The zero-order valence-electron chi connectivity index (χ0n) is 20.1. The first-order valence-electron chi connectivity index (χ1n) is 12.0. The van der Waals surface area contributed by atoms with Gasteiger partial charge in [0.2, 0.25) is 11.8 Å². The molecule has 2 unspecified atom stereocenters. The molecule has 4 aliphatic rings. The van der Waals surface area contributed by atoms with E-state index in [0.717, 1.165) is 4.90 Å². The summed E-state index contributed by atoms with van der Waals surface area (Å²) in [7, 11) is 0. The molecule has 37 heavy (non-hydrogen) atoms. The Labute approximate surface area is 214 Å². The number of amides is 5. The summed E-state index contributed by atoms with van der Waals surface area (Å²) in [6.07, 6.45) is -3.96. The van der Waals surface area contributed by atoms with Gasteiger partial charge in [0.1, 0.15) is 12.1 Å². The van der Waals surface area contributed by atoms with Gasteiger partial charge in [-0.2, -0.15) is 13.2 Å². The van der Waals surface area contributed by atoms with Gasteiger partial charge in [-0.25, -0.2) is 9.40 Å². The van der Waals surface area contributed by atoms with Crippen LogP contribution in [0.15, 0.2) is 0 Å². The maximum Gasteiger partial charge on any atom is 0.471 e. The van der Waals surface area contributed by atoms with Crippen LogP contribution in [0.2, 0.25) is 0 Å². The van der Waals surface area contributed by atoms with Crippen molar-refractivity contribution in [3.05, 3.63) is 0 Å². The van der Waals surface area contributed by atoms with Crippen molar-refractivity contribution in [3.8, 4) is 0 Å². The van der Waals surface area contributed by atoms with Crippen LogP contribution < -0.4 is 16.1 Å². The van der Waals surface area contributed by atoms with Gasteiger partial charge in [0.25, 0.3) is 17.4 Å². The molecular weight excluding hydrogens is 526 g/mol. The predicted octanol–water partition coefficient (Wildman–Crippen LogP) is 0.457. The van der Waals surface area contributed by atoms with Crippen molar-refractivity contribution in [2.45, 2.75) is 57.0 Å². The average molecular weight is 554 g/mol. The summed E-state index contributed by atoms with van der Waals surface area (Å²) in [5, 5.41) is 4.95. The minimum absolute atomic E-state index is 0.0694. The lowest BCUT2D eigenvalue weighted by Crippen LogP contribution is -2.60. The van der Waals surface area contributed by atoms with E-state index in [1.54, 1.807) is 5.32 Å². The highest BCUT2D eigenvalue weighted by Gasteiger charge is 2.70. The second-order valence-electron chi connectivity index (χ2n) is 10.7. The van der Waals surface area contributed by atoms with Crippen LogP contribution in [0.3, 0.4) is 0 Å². The Balaban J connectivity index is 1.54. The maximum atomic E-state index is 13.7. The number of hydrogen-bond acceptors (Lipinski definition) is 5. The summed E-state index contributed by atoms with van der Waals surface area (Å²) in [5.41, 5.74) is -0.588. The summed E-state index contributed by atoms with van der Waals surface area (Å²) in [6, 6.07) is -2.64. The fourth-order valence-electron chi connectivity index (χ4n) is 5.57. The lowest BCUT2D eigenvalue weighted by Gasteiger charge is -2.35. The number of likely N-dealkylation sites (tertiary alicyclic amines) is 1. The molecule has 0 aromatic heterocycles. The third kappa shape index (κ3) is 5.34. The van der Waals surface area contributed by atoms with Crippen LogP contribution in [0.1, 0.15) is 33.1 Å². The number of alkyl halides is 5. The Hall–Kier alpha value is -2.64. The van der Waals surface area contributed by atoms with E-state index in [0.29, 0.717) is 30.8 Å². The number of hydrazine groups is 1. The first-order chi connectivity index (χ1) is 17.1. The van der Waals surface area contributed by atoms with Crippen LogP contribution in [0.5, 0.6) is 0 Å². The Morgan fingerprint density at radius 2 is 1.86 bits per heavy atom. The summed E-state index contributed by atoms with van der Waals surface area (Å²) in [4.78, 5) is 63.9. The largest absolute Gasteiger partial charge is 0.471 e. The first-order valence-corrected chi connectivity index (χ1v) is 12.4. The van der Waals surface area contributed by atoms with E-state index in [9.17, 15) is 41.5 Å². The van der Waals surface area contributed by atoms with Gasteiger partial charge in [-0.05, 0) is 42.4 Å². The number of carbonyl (C=O) groups excluding carboxylic acids is 5. The topological polar surface area (TPSA) is 128 Å². The summed E-state index contributed by atoms with van der Waals surface area (Å²) >= 11 is 5.31. The molecule has 0 aromatic rings. The molecule has 0 radical (unpaired) electrons. The predicted molar refractivity (Wildman–Crippen MR) is 119 cm³/mol. The number of piperidine rings is 1. The van der Waals surface area contributed by atoms with E-state index in [-0.39, 0.29) is 36.2 Å². The van der Waals surface area contributed by atoms with Gasteiger partial charge < -0.3 is 15.5 Å². The Bertz CT molecular complexity index is 1000. The fourth-order valence-corrected chi connectivity index (χ4v) is 5.69. The normalized spacial score (nSPS) is 29.6. The molecule has 15 heteroatoms. The number of nitrogens with one attached hydrogen (secondary N) is 3. The number of hydrogen-bond donors (Lipinski definition) is 3. The van der Waals surface area contributed by atoms with Gasteiger partial charge in [-0.15, -0.1) is 0 Å². The minimum Gasteiger partial charge on any atom is -0.356 e. The van der Waals surface area contributed by atoms with E-state index in [2.05, 4.69) is 10.7 Å². The third-order valence-corrected chi connectivity index (χ3v) is 8.11. The van der Waals surface area contributed by atoms with Crippen molar-refractivity contribution >= 4 is 41.1 Å². The zero-order valence-corrected chi connectivity index (χ0v) is 20.9.